The molecule has 0 saturated heterocycles. The lowest BCUT2D eigenvalue weighted by Crippen LogP contribution is -2.41. The van der Waals surface area contributed by atoms with E-state index >= 15 is 4.39 Å². The molecule has 1 saturated carbocycles. The summed E-state index contributed by atoms with van der Waals surface area (Å²) < 4.78 is 36.4. The summed E-state index contributed by atoms with van der Waals surface area (Å²) in [5.41, 5.74) is 0.257. The van der Waals surface area contributed by atoms with Crippen LogP contribution in [0.1, 0.15) is 41.6 Å². The summed E-state index contributed by atoms with van der Waals surface area (Å²) in [7, 11) is 2.85. The van der Waals surface area contributed by atoms with E-state index in [1.54, 1.807) is 12.1 Å². The average Bonchev–Trinajstić information content (AvgIpc) is 3.00. The van der Waals surface area contributed by atoms with Gasteiger partial charge in [-0.05, 0) is 49.2 Å². The number of benzene rings is 2. The van der Waals surface area contributed by atoms with Crippen LogP contribution in [0.2, 0.25) is 10.0 Å². The SMILES string of the molecule is COc1nc(-c2cc(F)cc(-c3cc(F)cc(NC(=O)c4ccnn(C)c4=O)c3Cl)c2Cl)ccc1CN[C@@H]1CCCC[C@@H]1O. The van der Waals surface area contributed by atoms with Crippen molar-refractivity contribution in [3.63, 3.8) is 0 Å². The van der Waals surface area contributed by atoms with Gasteiger partial charge >= 0.3 is 0 Å². The predicted octanol–water partition coefficient (Wildman–Crippen LogP) is 5.75. The second-order valence-electron chi connectivity index (χ2n) is 10.5. The molecule has 0 spiro atoms. The number of carbonyl (C=O) groups is 1. The maximum Gasteiger partial charge on any atom is 0.279 e. The molecule has 230 valence electrons. The number of hydrogen-bond acceptors (Lipinski definition) is 7. The summed E-state index contributed by atoms with van der Waals surface area (Å²) in [4.78, 5) is 29.7. The molecule has 3 N–H and O–H groups in total. The van der Waals surface area contributed by atoms with Gasteiger partial charge < -0.3 is 20.5 Å². The highest BCUT2D eigenvalue weighted by molar-refractivity contribution is 6.39. The molecule has 0 aliphatic heterocycles. The van der Waals surface area contributed by atoms with Gasteiger partial charge in [0, 0.05) is 48.1 Å². The Morgan fingerprint density at radius 3 is 2.45 bits per heavy atom. The van der Waals surface area contributed by atoms with E-state index in [-0.39, 0.29) is 44.0 Å². The zero-order valence-electron chi connectivity index (χ0n) is 23.8. The Bertz CT molecular complexity index is 1790. The summed E-state index contributed by atoms with van der Waals surface area (Å²) in [6.45, 7) is 0.402. The van der Waals surface area contributed by atoms with E-state index in [0.717, 1.165) is 54.1 Å². The molecule has 0 unspecified atom stereocenters. The second kappa shape index (κ2) is 13.4. The number of ether oxygens (including phenoxy) is 1. The molecule has 5 rings (SSSR count). The fourth-order valence-corrected chi connectivity index (χ4v) is 5.80. The Morgan fingerprint density at radius 2 is 1.73 bits per heavy atom. The molecule has 1 aliphatic carbocycles. The number of hydrogen-bond donors (Lipinski definition) is 3. The van der Waals surface area contributed by atoms with Crippen molar-refractivity contribution >= 4 is 34.8 Å². The Balaban J connectivity index is 1.48. The lowest BCUT2D eigenvalue weighted by atomic mass is 9.92. The standard InChI is InChI=1S/C31H29Cl2F2N5O4/c1-40-31(43)19(9-10-37-40)29(42)38-25-14-18(35)12-21(28(25)33)20-11-17(34)13-22(27(20)32)23-8-7-16(30(39-23)44-2)15-36-24-5-3-4-6-26(24)41/h7-14,24,26,36,41H,3-6,15H2,1-2H3,(H,38,42)/t24-,26+/m1/s1. The molecule has 2 heterocycles. The van der Waals surface area contributed by atoms with E-state index in [0.29, 0.717) is 18.1 Å². The van der Waals surface area contributed by atoms with Crippen LogP contribution in [-0.4, -0.2) is 45.0 Å². The molecule has 2 aromatic carbocycles. The zero-order valence-corrected chi connectivity index (χ0v) is 25.3. The van der Waals surface area contributed by atoms with Gasteiger partial charge in [-0.3, -0.25) is 9.59 Å². The number of carbonyl (C=O) groups excluding carboxylic acids is 1. The van der Waals surface area contributed by atoms with Crippen LogP contribution in [0.5, 0.6) is 5.88 Å². The van der Waals surface area contributed by atoms with Gasteiger partial charge in [0.25, 0.3) is 11.5 Å². The third-order valence-electron chi connectivity index (χ3n) is 7.56. The molecule has 44 heavy (non-hydrogen) atoms. The minimum absolute atomic E-state index is 0.00849. The van der Waals surface area contributed by atoms with Crippen LogP contribution in [0.25, 0.3) is 22.4 Å². The van der Waals surface area contributed by atoms with Gasteiger partial charge in [0.05, 0.1) is 34.6 Å². The Morgan fingerprint density at radius 1 is 1.05 bits per heavy atom. The summed E-state index contributed by atoms with van der Waals surface area (Å²) in [5, 5.41) is 19.8. The number of nitrogens with one attached hydrogen (secondary N) is 2. The number of amides is 1. The van der Waals surface area contributed by atoms with Gasteiger partial charge in [-0.1, -0.05) is 42.1 Å². The monoisotopic (exact) mass is 643 g/mol. The topological polar surface area (TPSA) is 118 Å². The molecule has 0 bridgehead atoms. The van der Waals surface area contributed by atoms with Crippen molar-refractivity contribution in [1.29, 1.82) is 0 Å². The van der Waals surface area contributed by atoms with Crippen LogP contribution in [0, 0.1) is 11.6 Å². The van der Waals surface area contributed by atoms with Crippen molar-refractivity contribution in [3.8, 4) is 28.3 Å². The smallest absolute Gasteiger partial charge is 0.279 e. The fraction of sp³-hybridized carbons (Fsp3) is 0.290. The van der Waals surface area contributed by atoms with Crippen LogP contribution in [-0.2, 0) is 13.6 Å². The van der Waals surface area contributed by atoms with Gasteiger partial charge in [-0.2, -0.15) is 5.10 Å². The Labute approximate surface area is 261 Å². The highest BCUT2D eigenvalue weighted by Crippen LogP contribution is 2.42. The maximum atomic E-state index is 15.0. The lowest BCUT2D eigenvalue weighted by molar-refractivity contribution is 0.0901. The van der Waals surface area contributed by atoms with Gasteiger partial charge in [0.15, 0.2) is 0 Å². The van der Waals surface area contributed by atoms with E-state index in [1.165, 1.54) is 32.5 Å². The summed E-state index contributed by atoms with van der Waals surface area (Å²) >= 11 is 13.4. The van der Waals surface area contributed by atoms with Gasteiger partial charge in [0.2, 0.25) is 5.88 Å². The van der Waals surface area contributed by atoms with E-state index in [9.17, 15) is 19.1 Å². The molecular formula is C31H29Cl2F2N5O4. The van der Waals surface area contributed by atoms with Crippen molar-refractivity contribution in [2.75, 3.05) is 12.4 Å². The number of pyridine rings is 1. The fourth-order valence-electron chi connectivity index (χ4n) is 5.24. The number of nitrogens with zero attached hydrogens (tertiary/aromatic N) is 3. The van der Waals surface area contributed by atoms with Crippen LogP contribution in [0.4, 0.5) is 14.5 Å². The maximum absolute atomic E-state index is 15.0. The molecule has 1 amide bonds. The van der Waals surface area contributed by atoms with E-state index in [1.807, 2.05) is 0 Å². The first-order chi connectivity index (χ1) is 21.1. The Kier molecular flexibility index (Phi) is 9.59. The van der Waals surface area contributed by atoms with Crippen LogP contribution in [0.15, 0.2) is 53.5 Å². The quantitative estimate of drug-likeness (QED) is 0.224. The molecule has 2 aromatic heterocycles. The van der Waals surface area contributed by atoms with Crippen molar-refractivity contribution in [2.45, 2.75) is 44.4 Å². The number of anilines is 1. The van der Waals surface area contributed by atoms with Crippen LogP contribution < -0.4 is 20.9 Å². The summed E-state index contributed by atoms with van der Waals surface area (Å²) in [6.07, 6.45) is 4.51. The number of aliphatic hydroxyl groups excluding tert-OH is 1. The van der Waals surface area contributed by atoms with Gasteiger partial charge in [0.1, 0.15) is 17.2 Å². The molecule has 1 fully saturated rings. The molecule has 2 atom stereocenters. The van der Waals surface area contributed by atoms with Crippen molar-refractivity contribution in [3.05, 3.63) is 91.8 Å². The second-order valence-corrected chi connectivity index (χ2v) is 11.2. The molecule has 9 nitrogen and oxygen atoms in total. The first-order valence-electron chi connectivity index (χ1n) is 13.8. The summed E-state index contributed by atoms with van der Waals surface area (Å²) in [6, 6.07) is 8.97. The normalized spacial score (nSPS) is 16.5. The number of aromatic nitrogens is 3. The van der Waals surface area contributed by atoms with Crippen molar-refractivity contribution < 1.29 is 23.4 Å². The molecular weight excluding hydrogens is 615 g/mol. The number of aliphatic hydroxyl groups is 1. The molecule has 13 heteroatoms. The van der Waals surface area contributed by atoms with Crippen molar-refractivity contribution in [2.24, 2.45) is 7.05 Å². The number of methoxy groups -OCH3 is 1. The van der Waals surface area contributed by atoms with Crippen molar-refractivity contribution in [1.82, 2.24) is 20.1 Å². The van der Waals surface area contributed by atoms with Gasteiger partial charge in [-0.25, -0.2) is 18.4 Å². The largest absolute Gasteiger partial charge is 0.481 e. The van der Waals surface area contributed by atoms with E-state index < -0.39 is 29.2 Å². The molecule has 0 radical (unpaired) electrons. The highest BCUT2D eigenvalue weighted by atomic mass is 35.5. The highest BCUT2D eigenvalue weighted by Gasteiger charge is 2.24. The first-order valence-corrected chi connectivity index (χ1v) is 14.6. The van der Waals surface area contributed by atoms with E-state index in [4.69, 9.17) is 27.9 Å². The number of halogens is 4. The lowest BCUT2D eigenvalue weighted by Gasteiger charge is -2.28. The minimum Gasteiger partial charge on any atom is -0.481 e. The number of aryl methyl sites for hydroxylation is 1. The Hall–Kier alpha value is -3.90. The third kappa shape index (κ3) is 6.61. The summed E-state index contributed by atoms with van der Waals surface area (Å²) in [5.74, 6) is -2.02. The van der Waals surface area contributed by atoms with E-state index in [2.05, 4.69) is 20.7 Å². The molecule has 1 aliphatic rings. The van der Waals surface area contributed by atoms with Gasteiger partial charge in [-0.15, -0.1) is 0 Å². The predicted molar refractivity (Wildman–Crippen MR) is 164 cm³/mol. The third-order valence-corrected chi connectivity index (χ3v) is 8.37. The zero-order chi connectivity index (χ0) is 31.5. The minimum atomic E-state index is -0.832. The average molecular weight is 645 g/mol. The number of rotatable bonds is 8. The van der Waals surface area contributed by atoms with Crippen LogP contribution in [0.3, 0.4) is 0 Å². The molecule has 4 aromatic rings. The van der Waals surface area contributed by atoms with Crippen LogP contribution >= 0.6 is 23.2 Å². The first kappa shape index (κ1) is 31.5.